The molecule has 3 amide bonds. The Labute approximate surface area is 256 Å². The lowest BCUT2D eigenvalue weighted by Gasteiger charge is -2.41. The molecule has 3 heterocycles. The number of Topliss-reactive ketones (excluding diaryl/α,β-unsaturated/α-hetero) is 1. The second-order valence-electron chi connectivity index (χ2n) is 12.8. The summed E-state index contributed by atoms with van der Waals surface area (Å²) >= 11 is 0. The summed E-state index contributed by atoms with van der Waals surface area (Å²) in [5.74, 6) is -1.61. The molecule has 2 saturated heterocycles. The number of carbonyl (C=O) groups excluding carboxylic acids is 4. The van der Waals surface area contributed by atoms with Crippen LogP contribution in [0.2, 0.25) is 0 Å². The highest BCUT2D eigenvalue weighted by molar-refractivity contribution is 5.92. The Kier molecular flexibility index (Phi) is 11.5. The van der Waals surface area contributed by atoms with Crippen molar-refractivity contribution < 1.29 is 23.9 Å². The largest absolute Gasteiger partial charge is 0.381 e. The normalized spacial score (nSPS) is 31.1. The van der Waals surface area contributed by atoms with Crippen LogP contribution in [0.25, 0.3) is 6.08 Å². The van der Waals surface area contributed by atoms with Gasteiger partial charge in [0.05, 0.1) is 12.1 Å². The van der Waals surface area contributed by atoms with Gasteiger partial charge in [-0.1, -0.05) is 51.1 Å². The highest BCUT2D eigenvalue weighted by Gasteiger charge is 2.37. The predicted octanol–water partition coefficient (Wildman–Crippen LogP) is 4.43. The van der Waals surface area contributed by atoms with Crippen LogP contribution in [0.15, 0.2) is 30.3 Å². The predicted molar refractivity (Wildman–Crippen MR) is 166 cm³/mol. The molecule has 9 nitrogen and oxygen atoms in total. The average Bonchev–Trinajstić information content (AvgIpc) is 3.02. The number of piperidine rings is 1. The van der Waals surface area contributed by atoms with Crippen LogP contribution in [0.3, 0.4) is 0 Å². The molecule has 0 aliphatic carbocycles. The molecule has 3 aliphatic rings. The fourth-order valence-electron chi connectivity index (χ4n) is 6.64. The number of nitrogens with one attached hydrogen (secondary N) is 2. The standard InChI is InChI=1S/C34H50N4O5/c1-22(2)27-21-30(39)23(3)31(43-5)17-7-6-12-25-13-10-14-26(20-25)29-16-8-9-18-37(29)34(42)28-15-11-19-38(36-28)33(41)24(4)35-32(27)40/h6,10,12-14,20,22-24,27-29,31,36H,7-9,11,15-19,21H2,1-5H3,(H,35,40)/b12-6+/t23?,24?,27?,28?,29-,31?/m0/s1. The third-order valence-electron chi connectivity index (χ3n) is 9.42. The number of methoxy groups -OCH3 is 1. The molecule has 9 heteroatoms. The summed E-state index contributed by atoms with van der Waals surface area (Å²) in [6.07, 6.45) is 9.70. The number of carbonyl (C=O) groups is 4. The SMILES string of the molecule is COC1CC/C=C/c2cccc(c2)[C@@H]2CCCCN2C(=O)C2CCCN(N2)C(=O)C(C)NC(=O)C(C(C)C)CC(=O)C1C. The van der Waals surface area contributed by atoms with E-state index >= 15 is 0 Å². The van der Waals surface area contributed by atoms with Crippen LogP contribution >= 0.6 is 0 Å². The molecule has 0 aromatic heterocycles. The van der Waals surface area contributed by atoms with E-state index in [2.05, 4.69) is 41.1 Å². The number of hydrazine groups is 1. The summed E-state index contributed by atoms with van der Waals surface area (Å²) in [6, 6.07) is 7.05. The minimum atomic E-state index is -0.801. The summed E-state index contributed by atoms with van der Waals surface area (Å²) in [5, 5.41) is 4.36. The number of ether oxygens (including phenoxy) is 1. The Morgan fingerprint density at radius 3 is 2.49 bits per heavy atom. The Bertz CT molecular complexity index is 1180. The van der Waals surface area contributed by atoms with Crippen LogP contribution < -0.4 is 10.7 Å². The van der Waals surface area contributed by atoms with E-state index in [4.69, 9.17) is 4.74 Å². The highest BCUT2D eigenvalue weighted by atomic mass is 16.5. The van der Waals surface area contributed by atoms with Crippen molar-refractivity contribution in [2.45, 2.75) is 103 Å². The molecule has 4 bridgehead atoms. The molecule has 5 unspecified atom stereocenters. The molecule has 236 valence electrons. The Morgan fingerprint density at radius 1 is 0.953 bits per heavy atom. The van der Waals surface area contributed by atoms with Crippen LogP contribution in [0.4, 0.5) is 0 Å². The zero-order valence-electron chi connectivity index (χ0n) is 26.5. The van der Waals surface area contributed by atoms with Crippen molar-refractivity contribution in [3.05, 3.63) is 41.5 Å². The maximum Gasteiger partial charge on any atom is 0.258 e. The zero-order valence-corrected chi connectivity index (χ0v) is 26.5. The Hall–Kier alpha value is -3.04. The van der Waals surface area contributed by atoms with Gasteiger partial charge in [0.1, 0.15) is 17.9 Å². The number of amides is 3. The molecule has 0 radical (unpaired) electrons. The number of hydrogen-bond acceptors (Lipinski definition) is 6. The number of ketones is 1. The average molecular weight is 595 g/mol. The van der Waals surface area contributed by atoms with E-state index in [9.17, 15) is 19.2 Å². The van der Waals surface area contributed by atoms with Gasteiger partial charge < -0.3 is 15.0 Å². The van der Waals surface area contributed by atoms with Gasteiger partial charge in [-0.2, -0.15) is 0 Å². The van der Waals surface area contributed by atoms with Crippen LogP contribution in [-0.2, 0) is 23.9 Å². The van der Waals surface area contributed by atoms with Crippen molar-refractivity contribution in [1.82, 2.24) is 20.7 Å². The zero-order chi connectivity index (χ0) is 31.1. The van der Waals surface area contributed by atoms with Crippen molar-refractivity contribution in [2.75, 3.05) is 20.2 Å². The summed E-state index contributed by atoms with van der Waals surface area (Å²) in [7, 11) is 1.63. The number of nitrogens with zero attached hydrogens (tertiary/aromatic N) is 2. The molecule has 0 spiro atoms. The van der Waals surface area contributed by atoms with E-state index in [1.165, 1.54) is 5.01 Å². The van der Waals surface area contributed by atoms with Gasteiger partial charge in [-0.15, -0.1) is 0 Å². The number of benzene rings is 1. The van der Waals surface area contributed by atoms with Crippen LogP contribution in [0, 0.1) is 17.8 Å². The minimum absolute atomic E-state index is 0.0140. The molecule has 3 aliphatic heterocycles. The van der Waals surface area contributed by atoms with Gasteiger partial charge in [0, 0.05) is 38.5 Å². The van der Waals surface area contributed by atoms with Gasteiger partial charge in [-0.3, -0.25) is 24.2 Å². The van der Waals surface area contributed by atoms with Crippen LogP contribution in [0.1, 0.15) is 96.2 Å². The highest BCUT2D eigenvalue weighted by Crippen LogP contribution is 2.33. The lowest BCUT2D eigenvalue weighted by atomic mass is 9.84. The van der Waals surface area contributed by atoms with Gasteiger partial charge in [-0.25, -0.2) is 5.43 Å². The monoisotopic (exact) mass is 594 g/mol. The van der Waals surface area contributed by atoms with Gasteiger partial charge in [0.2, 0.25) is 11.8 Å². The fraction of sp³-hybridized carbons (Fsp3) is 0.647. The molecule has 1 aromatic carbocycles. The van der Waals surface area contributed by atoms with Crippen molar-refractivity contribution in [2.24, 2.45) is 17.8 Å². The molecule has 2 fully saturated rings. The van der Waals surface area contributed by atoms with E-state index in [-0.39, 0.29) is 53.9 Å². The topological polar surface area (TPSA) is 108 Å². The quantitative estimate of drug-likeness (QED) is 0.525. The van der Waals surface area contributed by atoms with Gasteiger partial charge >= 0.3 is 0 Å². The van der Waals surface area contributed by atoms with Crippen LogP contribution in [-0.4, -0.2) is 71.8 Å². The van der Waals surface area contributed by atoms with Gasteiger partial charge in [0.15, 0.2) is 0 Å². The first-order valence-corrected chi connectivity index (χ1v) is 16.1. The number of rotatable bonds is 2. The van der Waals surface area contributed by atoms with Crippen LogP contribution in [0.5, 0.6) is 0 Å². The molecular weight excluding hydrogens is 544 g/mol. The van der Waals surface area contributed by atoms with E-state index in [1.54, 1.807) is 14.0 Å². The summed E-state index contributed by atoms with van der Waals surface area (Å²) < 4.78 is 5.73. The molecule has 6 atom stereocenters. The van der Waals surface area contributed by atoms with Gasteiger partial charge in [0.25, 0.3) is 5.91 Å². The first kappa shape index (κ1) is 32.9. The second-order valence-corrected chi connectivity index (χ2v) is 12.8. The smallest absolute Gasteiger partial charge is 0.258 e. The van der Waals surface area contributed by atoms with Crippen molar-refractivity contribution in [1.29, 1.82) is 0 Å². The number of hydrogen-bond donors (Lipinski definition) is 2. The molecular formula is C34H50N4O5. The maximum absolute atomic E-state index is 13.9. The molecule has 43 heavy (non-hydrogen) atoms. The number of allylic oxidation sites excluding steroid dienone is 1. The molecule has 1 aromatic rings. The van der Waals surface area contributed by atoms with E-state index in [0.717, 1.165) is 36.8 Å². The lowest BCUT2D eigenvalue weighted by Crippen LogP contribution is -2.61. The van der Waals surface area contributed by atoms with Gasteiger partial charge in [-0.05, 0) is 75.0 Å². The summed E-state index contributed by atoms with van der Waals surface area (Å²) in [5.41, 5.74) is 5.38. The first-order valence-electron chi connectivity index (χ1n) is 16.1. The van der Waals surface area contributed by atoms with Crippen molar-refractivity contribution >= 4 is 29.6 Å². The summed E-state index contributed by atoms with van der Waals surface area (Å²) in [4.78, 5) is 56.1. The van der Waals surface area contributed by atoms with Crippen molar-refractivity contribution in [3.8, 4) is 0 Å². The minimum Gasteiger partial charge on any atom is -0.381 e. The summed E-state index contributed by atoms with van der Waals surface area (Å²) in [6.45, 7) is 8.52. The lowest BCUT2D eigenvalue weighted by molar-refractivity contribution is -0.147. The van der Waals surface area contributed by atoms with Crippen molar-refractivity contribution in [3.63, 3.8) is 0 Å². The Balaban J connectivity index is 1.63. The maximum atomic E-state index is 13.9. The third-order valence-corrected chi connectivity index (χ3v) is 9.42. The number of fused-ring (bicyclic) bond motifs is 6. The Morgan fingerprint density at radius 2 is 1.74 bits per heavy atom. The molecule has 0 saturated carbocycles. The fourth-order valence-corrected chi connectivity index (χ4v) is 6.64. The third kappa shape index (κ3) is 8.12. The second kappa shape index (κ2) is 15.1. The molecule has 4 rings (SSSR count). The van der Waals surface area contributed by atoms with E-state index < -0.39 is 18.0 Å². The first-order chi connectivity index (χ1) is 20.6. The van der Waals surface area contributed by atoms with E-state index in [1.807, 2.05) is 31.7 Å². The van der Waals surface area contributed by atoms with E-state index in [0.29, 0.717) is 32.4 Å². The molecule has 2 N–H and O–H groups in total.